The Morgan fingerprint density at radius 3 is 2.19 bits per heavy atom. The van der Waals surface area contributed by atoms with E-state index in [1.807, 2.05) is 6.07 Å². The zero-order valence-electron chi connectivity index (χ0n) is 15.8. The molecule has 2 aromatic heterocycles. The fourth-order valence-electron chi connectivity index (χ4n) is 4.03. The van der Waals surface area contributed by atoms with Gasteiger partial charge in [0.25, 0.3) is 0 Å². The number of aromatic amines is 1. The smallest absolute Gasteiger partial charge is 0.273 e. The number of hydrogen-bond donors (Lipinski definition) is 1. The number of fused-ring (bicyclic) bond motifs is 2. The Kier molecular flexibility index (Phi) is 3.71. The van der Waals surface area contributed by atoms with Gasteiger partial charge in [0.05, 0.1) is 5.69 Å². The number of alkyl halides is 3. The first-order valence-electron chi connectivity index (χ1n) is 9.06. The summed E-state index contributed by atoms with van der Waals surface area (Å²) in [6, 6.07) is 7.22. The van der Waals surface area contributed by atoms with E-state index in [-0.39, 0.29) is 16.5 Å². The van der Waals surface area contributed by atoms with Crippen LogP contribution in [0, 0.1) is 0 Å². The predicted molar refractivity (Wildman–Crippen MR) is 99.6 cm³/mol. The van der Waals surface area contributed by atoms with E-state index >= 15 is 0 Å². The van der Waals surface area contributed by atoms with Crippen LogP contribution in [0.2, 0.25) is 0 Å². The van der Waals surface area contributed by atoms with Crippen molar-refractivity contribution < 1.29 is 13.2 Å². The van der Waals surface area contributed by atoms with Crippen molar-refractivity contribution in [1.82, 2.24) is 15.2 Å². The van der Waals surface area contributed by atoms with Crippen molar-refractivity contribution in [3.05, 3.63) is 47.3 Å². The van der Waals surface area contributed by atoms with Crippen LogP contribution >= 0.6 is 0 Å². The van der Waals surface area contributed by atoms with Crippen molar-refractivity contribution >= 4 is 10.8 Å². The van der Waals surface area contributed by atoms with Crippen LogP contribution in [0.3, 0.4) is 0 Å². The molecule has 1 aliphatic carbocycles. The third kappa shape index (κ3) is 2.91. The van der Waals surface area contributed by atoms with Gasteiger partial charge in [-0.3, -0.25) is 10.1 Å². The van der Waals surface area contributed by atoms with E-state index in [9.17, 15) is 13.2 Å². The molecular weight excluding hydrogens is 351 g/mol. The van der Waals surface area contributed by atoms with Crippen LogP contribution in [0.15, 0.2) is 30.5 Å². The number of H-pyrrole nitrogens is 1. The molecule has 0 bridgehead atoms. The van der Waals surface area contributed by atoms with Crippen LogP contribution in [-0.4, -0.2) is 15.2 Å². The van der Waals surface area contributed by atoms with E-state index in [1.54, 1.807) is 6.20 Å². The number of nitrogens with zero attached hydrogens (tertiary/aromatic N) is 2. The van der Waals surface area contributed by atoms with Crippen LogP contribution in [0.4, 0.5) is 13.2 Å². The molecule has 3 aromatic rings. The Bertz CT molecular complexity index is 1030. The summed E-state index contributed by atoms with van der Waals surface area (Å²) >= 11 is 0. The van der Waals surface area contributed by atoms with Gasteiger partial charge >= 0.3 is 6.18 Å². The Labute approximate surface area is 156 Å². The third-order valence-electron chi connectivity index (χ3n) is 5.86. The highest BCUT2D eigenvalue weighted by molar-refractivity contribution is 5.95. The first kappa shape index (κ1) is 18.0. The maximum absolute atomic E-state index is 13.0. The first-order valence-corrected chi connectivity index (χ1v) is 9.06. The minimum absolute atomic E-state index is 0.00879. The number of halogens is 3. The number of rotatable bonds is 1. The average Bonchev–Trinajstić information content (AvgIpc) is 3.08. The second kappa shape index (κ2) is 5.57. The fraction of sp³-hybridized carbons (Fsp3) is 0.429. The summed E-state index contributed by atoms with van der Waals surface area (Å²) in [7, 11) is 0. The van der Waals surface area contributed by atoms with Gasteiger partial charge in [-0.05, 0) is 58.4 Å². The molecule has 4 rings (SSSR count). The summed E-state index contributed by atoms with van der Waals surface area (Å²) in [6.45, 7) is 8.94. The summed E-state index contributed by atoms with van der Waals surface area (Å²) < 4.78 is 38.9. The number of pyridine rings is 1. The van der Waals surface area contributed by atoms with Gasteiger partial charge in [-0.25, -0.2) is 0 Å². The molecule has 0 fully saturated rings. The molecule has 0 aliphatic heterocycles. The van der Waals surface area contributed by atoms with E-state index in [1.165, 1.54) is 11.1 Å². The van der Waals surface area contributed by atoms with Gasteiger partial charge in [0.1, 0.15) is 11.4 Å². The minimum atomic E-state index is -4.46. The van der Waals surface area contributed by atoms with Crippen LogP contribution in [0.1, 0.15) is 57.4 Å². The van der Waals surface area contributed by atoms with Crippen LogP contribution in [0.5, 0.6) is 0 Å². The molecule has 0 atom stereocenters. The fourth-order valence-corrected chi connectivity index (χ4v) is 4.03. The Balaban J connectivity index is 1.96. The molecule has 0 amide bonds. The molecule has 1 aromatic carbocycles. The predicted octanol–water partition coefficient (Wildman–Crippen LogP) is 5.99. The summed E-state index contributed by atoms with van der Waals surface area (Å²) in [5, 5.41) is 7.77. The van der Waals surface area contributed by atoms with E-state index in [4.69, 9.17) is 0 Å². The molecule has 6 heteroatoms. The van der Waals surface area contributed by atoms with Crippen LogP contribution < -0.4 is 0 Å². The molecule has 2 heterocycles. The van der Waals surface area contributed by atoms with E-state index < -0.39 is 11.9 Å². The molecule has 3 nitrogen and oxygen atoms in total. The zero-order valence-corrected chi connectivity index (χ0v) is 15.8. The lowest BCUT2D eigenvalue weighted by molar-refractivity contribution is -0.141. The summed E-state index contributed by atoms with van der Waals surface area (Å²) in [5.74, 6) is 0. The average molecular weight is 373 g/mol. The Morgan fingerprint density at radius 1 is 0.963 bits per heavy atom. The van der Waals surface area contributed by atoms with E-state index in [0.717, 1.165) is 29.7 Å². The Hall–Kier alpha value is -2.37. The minimum Gasteiger partial charge on any atom is -0.273 e. The first-order chi connectivity index (χ1) is 12.5. The number of aromatic nitrogens is 3. The van der Waals surface area contributed by atoms with Crippen molar-refractivity contribution in [3.8, 4) is 11.4 Å². The molecule has 1 aliphatic rings. The molecule has 27 heavy (non-hydrogen) atoms. The molecule has 0 saturated carbocycles. The van der Waals surface area contributed by atoms with E-state index in [2.05, 4.69) is 55.0 Å². The third-order valence-corrected chi connectivity index (χ3v) is 5.86. The zero-order chi connectivity index (χ0) is 19.6. The summed E-state index contributed by atoms with van der Waals surface area (Å²) in [6.07, 6.45) is -0.659. The monoisotopic (exact) mass is 373 g/mol. The quantitative estimate of drug-likeness (QED) is 0.569. The largest absolute Gasteiger partial charge is 0.432 e. The number of benzene rings is 1. The van der Waals surface area contributed by atoms with Gasteiger partial charge in [0, 0.05) is 11.6 Å². The summed E-state index contributed by atoms with van der Waals surface area (Å²) in [4.78, 5) is 4.36. The normalized spacial score (nSPS) is 18.5. The van der Waals surface area contributed by atoms with Gasteiger partial charge in [-0.1, -0.05) is 33.8 Å². The molecule has 1 N–H and O–H groups in total. The lowest BCUT2D eigenvalue weighted by Gasteiger charge is -2.42. The second-order valence-electron chi connectivity index (χ2n) is 8.71. The van der Waals surface area contributed by atoms with E-state index in [0.29, 0.717) is 5.69 Å². The molecule has 0 spiro atoms. The maximum atomic E-state index is 13.0. The topological polar surface area (TPSA) is 41.6 Å². The van der Waals surface area contributed by atoms with Crippen molar-refractivity contribution in [2.45, 2.75) is 57.5 Å². The van der Waals surface area contributed by atoms with Gasteiger partial charge < -0.3 is 0 Å². The second-order valence-corrected chi connectivity index (χ2v) is 8.71. The summed E-state index contributed by atoms with van der Waals surface area (Å²) in [5.41, 5.74) is 2.44. The van der Waals surface area contributed by atoms with Gasteiger partial charge in [0.15, 0.2) is 0 Å². The highest BCUT2D eigenvalue weighted by atomic mass is 19.4. The van der Waals surface area contributed by atoms with Gasteiger partial charge in [0.2, 0.25) is 0 Å². The SMILES string of the molecule is CC1(C)CCC(C)(C)c2cc3c(-c4cc(C(F)(F)F)[nH]n4)nccc3cc21. The van der Waals surface area contributed by atoms with Gasteiger partial charge in [-0.2, -0.15) is 18.3 Å². The van der Waals surface area contributed by atoms with Crippen molar-refractivity contribution in [3.63, 3.8) is 0 Å². The maximum Gasteiger partial charge on any atom is 0.432 e. The Morgan fingerprint density at radius 2 is 1.59 bits per heavy atom. The molecule has 0 radical (unpaired) electrons. The lowest BCUT2D eigenvalue weighted by atomic mass is 9.63. The standard InChI is InChI=1S/C21H22F3N3/c1-19(2)6-7-20(3,4)15-10-13-12(9-14(15)19)5-8-25-18(13)16-11-17(27-26-16)21(22,23)24/h5,8-11H,6-7H2,1-4H3,(H,26,27). The lowest BCUT2D eigenvalue weighted by Crippen LogP contribution is -2.33. The van der Waals surface area contributed by atoms with Crippen molar-refractivity contribution in [2.24, 2.45) is 0 Å². The van der Waals surface area contributed by atoms with Crippen molar-refractivity contribution in [2.75, 3.05) is 0 Å². The highest BCUT2D eigenvalue weighted by Gasteiger charge is 2.37. The van der Waals surface area contributed by atoms with Gasteiger partial charge in [-0.15, -0.1) is 0 Å². The molecule has 0 saturated heterocycles. The highest BCUT2D eigenvalue weighted by Crippen LogP contribution is 2.47. The van der Waals surface area contributed by atoms with Crippen LogP contribution in [0.25, 0.3) is 22.2 Å². The number of hydrogen-bond acceptors (Lipinski definition) is 2. The molecule has 0 unspecified atom stereocenters. The van der Waals surface area contributed by atoms with Crippen molar-refractivity contribution in [1.29, 1.82) is 0 Å². The molecule has 142 valence electrons. The molecular formula is C21H22F3N3. The number of nitrogens with one attached hydrogen (secondary N) is 1. The van der Waals surface area contributed by atoms with Crippen LogP contribution in [-0.2, 0) is 17.0 Å².